The number of aromatic nitrogens is 4. The average molecular weight is 306 g/mol. The number of benzene rings is 2. The van der Waals surface area contributed by atoms with Crippen molar-refractivity contribution >= 4 is 11.5 Å². The van der Waals surface area contributed by atoms with Gasteiger partial charge in [-0.1, -0.05) is 52.1 Å². The fraction of sp³-hybridized carbons (Fsp3) is 0. The minimum atomic E-state index is 0.502. The molecular weight excluding hydrogens is 296 g/mol. The van der Waals surface area contributed by atoms with Gasteiger partial charge in [-0.15, -0.1) is 5.10 Å². The SMILES string of the molecule is c1ccc(-c2noc(-c3ccc(-c4csnn4)cc3)n2)cc1. The average Bonchev–Trinajstić information content (AvgIpc) is 3.28. The van der Waals surface area contributed by atoms with Crippen LogP contribution < -0.4 is 0 Å². The number of rotatable bonds is 3. The first-order valence-corrected chi connectivity index (χ1v) is 7.51. The molecule has 0 amide bonds. The molecule has 0 radical (unpaired) electrons. The highest BCUT2D eigenvalue weighted by atomic mass is 32.1. The maximum atomic E-state index is 5.35. The summed E-state index contributed by atoms with van der Waals surface area (Å²) in [6.45, 7) is 0. The van der Waals surface area contributed by atoms with Crippen molar-refractivity contribution in [3.8, 4) is 34.1 Å². The Morgan fingerprint density at radius 1 is 0.818 bits per heavy atom. The normalized spacial score (nSPS) is 10.7. The van der Waals surface area contributed by atoms with Crippen LogP contribution in [0.2, 0.25) is 0 Å². The third-order valence-corrected chi connectivity index (χ3v) is 3.75. The minimum Gasteiger partial charge on any atom is -0.334 e. The van der Waals surface area contributed by atoms with E-state index in [0.717, 1.165) is 22.4 Å². The van der Waals surface area contributed by atoms with Crippen LogP contribution in [-0.2, 0) is 0 Å². The van der Waals surface area contributed by atoms with E-state index < -0.39 is 0 Å². The molecule has 106 valence electrons. The van der Waals surface area contributed by atoms with Crippen LogP contribution in [0.15, 0.2) is 64.5 Å². The smallest absolute Gasteiger partial charge is 0.258 e. The molecule has 4 aromatic rings. The summed E-state index contributed by atoms with van der Waals surface area (Å²) in [5.41, 5.74) is 3.69. The van der Waals surface area contributed by atoms with E-state index in [1.165, 1.54) is 11.5 Å². The van der Waals surface area contributed by atoms with Gasteiger partial charge < -0.3 is 4.52 Å². The van der Waals surface area contributed by atoms with Gasteiger partial charge in [0, 0.05) is 22.1 Å². The molecule has 2 aromatic carbocycles. The number of nitrogens with zero attached hydrogens (tertiary/aromatic N) is 4. The zero-order chi connectivity index (χ0) is 14.8. The Balaban J connectivity index is 1.64. The summed E-state index contributed by atoms with van der Waals surface area (Å²) in [6, 6.07) is 17.6. The number of hydrogen-bond acceptors (Lipinski definition) is 6. The summed E-state index contributed by atoms with van der Waals surface area (Å²) in [6.07, 6.45) is 0. The Kier molecular flexibility index (Phi) is 3.21. The lowest BCUT2D eigenvalue weighted by molar-refractivity contribution is 0.432. The molecule has 22 heavy (non-hydrogen) atoms. The van der Waals surface area contributed by atoms with Gasteiger partial charge in [-0.3, -0.25) is 0 Å². The van der Waals surface area contributed by atoms with Gasteiger partial charge in [-0.05, 0) is 23.7 Å². The van der Waals surface area contributed by atoms with Crippen LogP contribution in [0.3, 0.4) is 0 Å². The van der Waals surface area contributed by atoms with Crippen LogP contribution in [0.25, 0.3) is 34.1 Å². The van der Waals surface area contributed by atoms with E-state index in [1.54, 1.807) is 0 Å². The molecule has 4 rings (SSSR count). The van der Waals surface area contributed by atoms with Crippen molar-refractivity contribution in [3.05, 3.63) is 60.0 Å². The third-order valence-electron chi connectivity index (χ3n) is 3.25. The highest BCUT2D eigenvalue weighted by molar-refractivity contribution is 7.03. The van der Waals surface area contributed by atoms with Crippen LogP contribution in [0.1, 0.15) is 0 Å². The van der Waals surface area contributed by atoms with E-state index in [9.17, 15) is 0 Å². The molecule has 2 heterocycles. The van der Waals surface area contributed by atoms with Crippen LogP contribution in [0.5, 0.6) is 0 Å². The van der Waals surface area contributed by atoms with Crippen LogP contribution in [0, 0.1) is 0 Å². The summed E-state index contributed by atoms with van der Waals surface area (Å²) in [4.78, 5) is 4.44. The van der Waals surface area contributed by atoms with Crippen molar-refractivity contribution < 1.29 is 4.52 Å². The molecule has 0 N–H and O–H groups in total. The van der Waals surface area contributed by atoms with E-state index >= 15 is 0 Å². The second-order valence-corrected chi connectivity index (χ2v) is 5.27. The van der Waals surface area contributed by atoms with Crippen molar-refractivity contribution in [2.45, 2.75) is 0 Å². The fourth-order valence-electron chi connectivity index (χ4n) is 2.12. The maximum Gasteiger partial charge on any atom is 0.258 e. The highest BCUT2D eigenvalue weighted by Crippen LogP contribution is 2.25. The Bertz CT molecular complexity index is 870. The first-order chi connectivity index (χ1) is 10.9. The predicted molar refractivity (Wildman–Crippen MR) is 84.1 cm³/mol. The van der Waals surface area contributed by atoms with Gasteiger partial charge in [0.05, 0.1) is 0 Å². The van der Waals surface area contributed by atoms with Crippen LogP contribution in [-0.4, -0.2) is 19.7 Å². The molecule has 0 bridgehead atoms. The fourth-order valence-corrected chi connectivity index (χ4v) is 2.58. The molecule has 0 aliphatic heterocycles. The molecule has 6 heteroatoms. The molecule has 0 atom stereocenters. The third kappa shape index (κ3) is 2.40. The Labute approximate surface area is 130 Å². The lowest BCUT2D eigenvalue weighted by Crippen LogP contribution is -1.82. The zero-order valence-electron chi connectivity index (χ0n) is 11.4. The monoisotopic (exact) mass is 306 g/mol. The van der Waals surface area contributed by atoms with Crippen LogP contribution in [0.4, 0.5) is 0 Å². The van der Waals surface area contributed by atoms with Gasteiger partial charge in [0.25, 0.3) is 5.89 Å². The summed E-state index contributed by atoms with van der Waals surface area (Å²) in [5.74, 6) is 1.09. The predicted octanol–water partition coefficient (Wildman–Crippen LogP) is 3.92. The standard InChI is InChI=1S/C16H10N4OS/c1-2-4-12(5-3-1)15-17-16(21-19-15)13-8-6-11(7-9-13)14-10-22-20-18-14/h1-10H. The lowest BCUT2D eigenvalue weighted by atomic mass is 10.1. The molecule has 0 unspecified atom stereocenters. The van der Waals surface area contributed by atoms with Gasteiger partial charge in [0.1, 0.15) is 5.69 Å². The summed E-state index contributed by atoms with van der Waals surface area (Å²) in [7, 11) is 0. The molecule has 0 aliphatic rings. The Morgan fingerprint density at radius 2 is 1.59 bits per heavy atom. The van der Waals surface area contributed by atoms with E-state index in [1.807, 2.05) is 60.0 Å². The van der Waals surface area contributed by atoms with Gasteiger partial charge in [-0.25, -0.2) is 0 Å². The van der Waals surface area contributed by atoms with Gasteiger partial charge in [0.15, 0.2) is 0 Å². The first kappa shape index (κ1) is 12.8. The molecule has 0 aliphatic carbocycles. The van der Waals surface area contributed by atoms with Gasteiger partial charge in [0.2, 0.25) is 5.82 Å². The minimum absolute atomic E-state index is 0.502. The Morgan fingerprint density at radius 3 is 2.32 bits per heavy atom. The van der Waals surface area contributed by atoms with Gasteiger partial charge >= 0.3 is 0 Å². The van der Waals surface area contributed by atoms with E-state index in [0.29, 0.717) is 11.7 Å². The largest absolute Gasteiger partial charge is 0.334 e. The van der Waals surface area contributed by atoms with E-state index in [4.69, 9.17) is 4.52 Å². The molecule has 0 saturated heterocycles. The van der Waals surface area contributed by atoms with Crippen LogP contribution >= 0.6 is 11.5 Å². The quantitative estimate of drug-likeness (QED) is 0.574. The molecule has 2 aromatic heterocycles. The molecule has 0 fully saturated rings. The van der Waals surface area contributed by atoms with Gasteiger partial charge in [-0.2, -0.15) is 4.98 Å². The summed E-state index contributed by atoms with van der Waals surface area (Å²) < 4.78 is 9.22. The van der Waals surface area contributed by atoms with Crippen molar-refractivity contribution in [2.75, 3.05) is 0 Å². The van der Waals surface area contributed by atoms with E-state index in [2.05, 4.69) is 19.7 Å². The van der Waals surface area contributed by atoms with Crippen molar-refractivity contribution in [1.29, 1.82) is 0 Å². The highest BCUT2D eigenvalue weighted by Gasteiger charge is 2.10. The molecule has 0 spiro atoms. The lowest BCUT2D eigenvalue weighted by Gasteiger charge is -1.97. The maximum absolute atomic E-state index is 5.35. The van der Waals surface area contributed by atoms with Crippen molar-refractivity contribution in [2.24, 2.45) is 0 Å². The number of hydrogen-bond donors (Lipinski definition) is 0. The topological polar surface area (TPSA) is 64.7 Å². The molecule has 5 nitrogen and oxygen atoms in total. The summed E-state index contributed by atoms with van der Waals surface area (Å²) >= 11 is 1.33. The molecule has 0 saturated carbocycles. The van der Waals surface area contributed by atoms with Crippen molar-refractivity contribution in [3.63, 3.8) is 0 Å². The zero-order valence-corrected chi connectivity index (χ0v) is 12.2. The van der Waals surface area contributed by atoms with E-state index in [-0.39, 0.29) is 0 Å². The second-order valence-electron chi connectivity index (χ2n) is 4.66. The van der Waals surface area contributed by atoms with Crippen molar-refractivity contribution in [1.82, 2.24) is 19.7 Å². The Hall–Kier alpha value is -2.86. The second kappa shape index (κ2) is 5.50. The molecular formula is C16H10N4OS. The summed E-state index contributed by atoms with van der Waals surface area (Å²) in [5, 5.41) is 9.99. The first-order valence-electron chi connectivity index (χ1n) is 6.67.